The van der Waals surface area contributed by atoms with E-state index in [0.29, 0.717) is 11.3 Å². The van der Waals surface area contributed by atoms with Crippen molar-refractivity contribution in [2.45, 2.75) is 31.0 Å². The van der Waals surface area contributed by atoms with E-state index in [1.54, 1.807) is 13.1 Å². The molecule has 2 aromatic carbocycles. The van der Waals surface area contributed by atoms with E-state index in [1.165, 1.54) is 42.3 Å². The second-order valence-corrected chi connectivity index (χ2v) is 9.04. The Morgan fingerprint density at radius 2 is 1.89 bits per heavy atom. The van der Waals surface area contributed by atoms with Gasteiger partial charge in [0.15, 0.2) is 5.78 Å². The maximum Gasteiger partial charge on any atom is 0.422 e. The van der Waals surface area contributed by atoms with Crippen LogP contribution in [0.5, 0.6) is 5.75 Å². The SMILES string of the molecule is COc1ccc(C(O)(CCC(=O)c2ccc3c(c2)N(C)C(=O)C3)C(F)(F)F)nc1-c1ccc(F)c(Cl)c1. The molecule has 1 N–H and O–H groups in total. The molecule has 1 aliphatic heterocycles. The zero-order valence-corrected chi connectivity index (χ0v) is 20.5. The number of aliphatic hydroxyl groups is 1. The van der Waals surface area contributed by atoms with Gasteiger partial charge in [0.25, 0.3) is 0 Å². The number of likely N-dealkylation sites (N-methyl/N-ethyl adjacent to an activating group) is 1. The third kappa shape index (κ3) is 4.91. The van der Waals surface area contributed by atoms with E-state index in [1.807, 2.05) is 0 Å². The van der Waals surface area contributed by atoms with Crippen LogP contribution in [0.1, 0.15) is 34.5 Å². The zero-order chi connectivity index (χ0) is 27.1. The summed E-state index contributed by atoms with van der Waals surface area (Å²) in [6.45, 7) is 0. The summed E-state index contributed by atoms with van der Waals surface area (Å²) in [5, 5.41) is 10.6. The standard InChI is InChI=1S/C26H21ClF4N2O4/c1-33-19-12-15(4-3-14(19)13-23(33)35)20(34)9-10-25(36,26(29,30)31)22-8-7-21(37-2)24(32-22)16-5-6-18(28)17(27)11-16/h3-8,11-12,36H,9-10,13H2,1-2H3. The Balaban J connectivity index is 1.66. The summed E-state index contributed by atoms with van der Waals surface area (Å²) in [4.78, 5) is 30.1. The average molecular weight is 537 g/mol. The fourth-order valence-electron chi connectivity index (χ4n) is 4.16. The largest absolute Gasteiger partial charge is 0.494 e. The van der Waals surface area contributed by atoms with Gasteiger partial charge >= 0.3 is 6.18 Å². The van der Waals surface area contributed by atoms with Gasteiger partial charge in [0.2, 0.25) is 11.5 Å². The van der Waals surface area contributed by atoms with Crippen LogP contribution in [0.3, 0.4) is 0 Å². The first-order valence-electron chi connectivity index (χ1n) is 11.1. The molecule has 37 heavy (non-hydrogen) atoms. The Morgan fingerprint density at radius 1 is 1.16 bits per heavy atom. The monoisotopic (exact) mass is 536 g/mol. The van der Waals surface area contributed by atoms with Gasteiger partial charge in [0.1, 0.15) is 17.3 Å². The minimum Gasteiger partial charge on any atom is -0.494 e. The highest BCUT2D eigenvalue weighted by molar-refractivity contribution is 6.31. The van der Waals surface area contributed by atoms with E-state index in [0.717, 1.165) is 12.1 Å². The van der Waals surface area contributed by atoms with Crippen molar-refractivity contribution in [2.75, 3.05) is 19.1 Å². The molecule has 6 nitrogen and oxygen atoms in total. The molecule has 194 valence electrons. The smallest absolute Gasteiger partial charge is 0.422 e. The van der Waals surface area contributed by atoms with E-state index in [4.69, 9.17) is 16.3 Å². The van der Waals surface area contributed by atoms with Crippen LogP contribution in [0.2, 0.25) is 5.02 Å². The number of ketones is 1. The number of hydrogen-bond acceptors (Lipinski definition) is 5. The van der Waals surface area contributed by atoms with Crippen molar-refractivity contribution < 1.29 is 37.0 Å². The lowest BCUT2D eigenvalue weighted by Gasteiger charge is -2.30. The summed E-state index contributed by atoms with van der Waals surface area (Å²) in [5.74, 6) is -1.45. The van der Waals surface area contributed by atoms with Crippen molar-refractivity contribution >= 4 is 29.0 Å². The van der Waals surface area contributed by atoms with E-state index < -0.39 is 41.9 Å². The maximum absolute atomic E-state index is 14.2. The molecule has 0 saturated carbocycles. The van der Waals surface area contributed by atoms with E-state index >= 15 is 0 Å². The number of halogens is 5. The number of hydrogen-bond donors (Lipinski definition) is 1. The lowest BCUT2D eigenvalue weighted by atomic mass is 9.89. The highest BCUT2D eigenvalue weighted by Crippen LogP contribution is 2.44. The van der Waals surface area contributed by atoms with Gasteiger partial charge in [0, 0.05) is 30.3 Å². The highest BCUT2D eigenvalue weighted by atomic mass is 35.5. The third-order valence-corrected chi connectivity index (χ3v) is 6.65. The number of fused-ring (bicyclic) bond motifs is 1. The fourth-order valence-corrected chi connectivity index (χ4v) is 4.34. The normalized spacial score (nSPS) is 14.9. The molecule has 0 radical (unpaired) electrons. The van der Waals surface area contributed by atoms with E-state index in [2.05, 4.69) is 4.98 Å². The van der Waals surface area contributed by atoms with Crippen LogP contribution in [0, 0.1) is 5.82 Å². The molecule has 1 aliphatic rings. The van der Waals surface area contributed by atoms with Crippen LogP contribution < -0.4 is 9.64 Å². The molecule has 11 heteroatoms. The van der Waals surface area contributed by atoms with Gasteiger partial charge in [-0.1, -0.05) is 23.7 Å². The van der Waals surface area contributed by atoms with Crippen LogP contribution in [-0.4, -0.2) is 42.1 Å². The number of carbonyl (C=O) groups is 2. The minimum atomic E-state index is -5.18. The number of rotatable bonds is 7. The third-order valence-electron chi connectivity index (χ3n) is 6.36. The predicted molar refractivity (Wildman–Crippen MR) is 128 cm³/mol. The highest BCUT2D eigenvalue weighted by Gasteiger charge is 2.56. The van der Waals surface area contributed by atoms with Crippen molar-refractivity contribution in [2.24, 2.45) is 0 Å². The van der Waals surface area contributed by atoms with Crippen molar-refractivity contribution in [3.05, 3.63) is 76.2 Å². The van der Waals surface area contributed by atoms with Crippen LogP contribution in [-0.2, 0) is 16.8 Å². The first kappa shape index (κ1) is 26.6. The number of benzene rings is 2. The number of carbonyl (C=O) groups excluding carboxylic acids is 2. The van der Waals surface area contributed by atoms with Crippen molar-refractivity contribution in [3.63, 3.8) is 0 Å². The van der Waals surface area contributed by atoms with Gasteiger partial charge in [-0.05, 0) is 48.4 Å². The van der Waals surface area contributed by atoms with Crippen molar-refractivity contribution in [3.8, 4) is 17.0 Å². The Labute approximate surface area is 214 Å². The van der Waals surface area contributed by atoms with Crippen LogP contribution in [0.4, 0.5) is 23.2 Å². The topological polar surface area (TPSA) is 79.7 Å². The molecule has 0 aliphatic carbocycles. The number of nitrogens with zero attached hydrogens (tertiary/aromatic N) is 2. The summed E-state index contributed by atoms with van der Waals surface area (Å²) in [6.07, 6.45) is -6.67. The summed E-state index contributed by atoms with van der Waals surface area (Å²) in [6, 6.07) is 10.1. The Bertz CT molecular complexity index is 1400. The lowest BCUT2D eigenvalue weighted by Crippen LogP contribution is -2.43. The predicted octanol–water partition coefficient (Wildman–Crippen LogP) is 5.48. The first-order chi connectivity index (χ1) is 17.4. The number of Topliss-reactive ketones (excluding diaryl/α,β-unsaturated/α-hetero) is 1. The molecule has 1 atom stereocenters. The van der Waals surface area contributed by atoms with Gasteiger partial charge in [-0.15, -0.1) is 0 Å². The Morgan fingerprint density at radius 3 is 2.54 bits per heavy atom. The number of anilines is 1. The molecule has 1 amide bonds. The minimum absolute atomic E-state index is 0.0730. The van der Waals surface area contributed by atoms with Gasteiger partial charge in [-0.25, -0.2) is 9.37 Å². The van der Waals surface area contributed by atoms with Crippen molar-refractivity contribution in [1.82, 2.24) is 4.98 Å². The molecular formula is C26H21ClF4N2O4. The molecule has 3 aromatic rings. The quantitative estimate of drug-likeness (QED) is 0.319. The molecular weight excluding hydrogens is 516 g/mol. The molecule has 0 fully saturated rings. The molecule has 0 bridgehead atoms. The molecule has 1 aromatic heterocycles. The van der Waals surface area contributed by atoms with E-state index in [9.17, 15) is 32.3 Å². The number of amides is 1. The first-order valence-corrected chi connectivity index (χ1v) is 11.5. The van der Waals surface area contributed by atoms with Crippen molar-refractivity contribution in [1.29, 1.82) is 0 Å². The lowest BCUT2D eigenvalue weighted by molar-refractivity contribution is -0.270. The summed E-state index contributed by atoms with van der Waals surface area (Å²) >= 11 is 5.82. The molecule has 4 rings (SSSR count). The second-order valence-electron chi connectivity index (χ2n) is 8.63. The number of alkyl halides is 3. The van der Waals surface area contributed by atoms with Crippen LogP contribution in [0.25, 0.3) is 11.3 Å². The molecule has 0 saturated heterocycles. The Hall–Kier alpha value is -3.50. The Kier molecular flexibility index (Phi) is 7.00. The summed E-state index contributed by atoms with van der Waals surface area (Å²) in [5.41, 5.74) is -2.81. The van der Waals surface area contributed by atoms with Gasteiger partial charge in [-0.3, -0.25) is 9.59 Å². The van der Waals surface area contributed by atoms with E-state index in [-0.39, 0.29) is 39.9 Å². The number of pyridine rings is 1. The second kappa shape index (κ2) is 9.75. The van der Waals surface area contributed by atoms with Crippen LogP contribution >= 0.6 is 11.6 Å². The van der Waals surface area contributed by atoms with Gasteiger partial charge < -0.3 is 14.7 Å². The fraction of sp³-hybridized carbons (Fsp3) is 0.269. The van der Waals surface area contributed by atoms with Crippen LogP contribution in [0.15, 0.2) is 48.5 Å². The van der Waals surface area contributed by atoms with Gasteiger partial charge in [-0.2, -0.15) is 13.2 Å². The molecule has 2 heterocycles. The van der Waals surface area contributed by atoms with Gasteiger partial charge in [0.05, 0.1) is 24.2 Å². The number of methoxy groups -OCH3 is 1. The maximum atomic E-state index is 14.2. The summed E-state index contributed by atoms with van der Waals surface area (Å²) < 4.78 is 61.4. The number of ether oxygens (including phenoxy) is 1. The zero-order valence-electron chi connectivity index (χ0n) is 19.7. The summed E-state index contributed by atoms with van der Waals surface area (Å²) in [7, 11) is 2.83. The molecule has 0 spiro atoms. The molecule has 1 unspecified atom stereocenters. The number of aromatic nitrogens is 1. The average Bonchev–Trinajstić information content (AvgIpc) is 3.15.